The van der Waals surface area contributed by atoms with Crippen LogP contribution in [0.1, 0.15) is 5.56 Å². The number of rotatable bonds is 6. The molecule has 26 heavy (non-hydrogen) atoms. The van der Waals surface area contributed by atoms with Crippen LogP contribution >= 0.6 is 15.9 Å². The lowest BCUT2D eigenvalue weighted by atomic mass is 10.1. The van der Waals surface area contributed by atoms with Gasteiger partial charge in [-0.2, -0.15) is 0 Å². The van der Waals surface area contributed by atoms with E-state index >= 15 is 0 Å². The zero-order valence-corrected chi connectivity index (χ0v) is 16.0. The highest BCUT2D eigenvalue weighted by atomic mass is 79.9. The molecular weight excluding hydrogens is 398 g/mol. The fourth-order valence-electron chi connectivity index (χ4n) is 2.38. The van der Waals surface area contributed by atoms with Crippen LogP contribution in [-0.2, 0) is 7.05 Å². The van der Waals surface area contributed by atoms with E-state index in [2.05, 4.69) is 43.3 Å². The minimum Gasteiger partial charge on any atom is -0.403 e. The smallest absolute Gasteiger partial charge is 0.315 e. The number of nitrogens with zero attached hydrogens (tertiary/aromatic N) is 3. The molecular formula is C18H18BrN5O2. The Bertz CT molecular complexity index is 1010. The van der Waals surface area contributed by atoms with Gasteiger partial charge in [-0.15, -0.1) is 11.7 Å². The SMILES string of the molecule is C=CCNc1nnc(-c2cn(C)c(=O)cc2Nc2ccc(Br)cc2C)o1. The van der Waals surface area contributed by atoms with Crippen LogP contribution in [-0.4, -0.2) is 21.3 Å². The Labute approximate surface area is 158 Å². The van der Waals surface area contributed by atoms with E-state index in [0.29, 0.717) is 29.7 Å². The fourth-order valence-corrected chi connectivity index (χ4v) is 2.85. The first-order chi connectivity index (χ1) is 12.5. The molecule has 0 aliphatic carbocycles. The van der Waals surface area contributed by atoms with Gasteiger partial charge < -0.3 is 19.6 Å². The minimum atomic E-state index is -0.143. The maximum absolute atomic E-state index is 12.1. The third-order valence-electron chi connectivity index (χ3n) is 3.74. The molecule has 8 heteroatoms. The number of halogens is 1. The van der Waals surface area contributed by atoms with Crippen molar-refractivity contribution in [3.8, 4) is 11.5 Å². The second-order valence-electron chi connectivity index (χ2n) is 5.72. The topological polar surface area (TPSA) is 85.0 Å². The zero-order valence-electron chi connectivity index (χ0n) is 14.4. The summed E-state index contributed by atoms with van der Waals surface area (Å²) >= 11 is 3.45. The van der Waals surface area contributed by atoms with E-state index in [-0.39, 0.29) is 5.56 Å². The van der Waals surface area contributed by atoms with Gasteiger partial charge in [0.25, 0.3) is 11.4 Å². The van der Waals surface area contributed by atoms with Gasteiger partial charge in [-0.05, 0) is 30.7 Å². The highest BCUT2D eigenvalue weighted by molar-refractivity contribution is 9.10. The Hall–Kier alpha value is -2.87. The average Bonchev–Trinajstić information content (AvgIpc) is 3.07. The van der Waals surface area contributed by atoms with Gasteiger partial charge in [-0.25, -0.2) is 0 Å². The van der Waals surface area contributed by atoms with Gasteiger partial charge in [0.15, 0.2) is 0 Å². The standard InChI is InChI=1S/C18H18BrN5O2/c1-4-7-20-18-23-22-17(26-18)13-10-24(3)16(25)9-15(13)21-14-6-5-12(19)8-11(14)2/h4-6,8-10,21H,1,7H2,2-3H3,(H,20,23). The number of hydrogen-bond acceptors (Lipinski definition) is 6. The number of pyridine rings is 1. The molecule has 2 aromatic heterocycles. The summed E-state index contributed by atoms with van der Waals surface area (Å²) in [5.74, 6) is 0.310. The molecule has 0 spiro atoms. The number of nitrogens with one attached hydrogen (secondary N) is 2. The molecule has 0 fully saturated rings. The predicted molar refractivity (Wildman–Crippen MR) is 106 cm³/mol. The summed E-state index contributed by atoms with van der Waals surface area (Å²) in [6.07, 6.45) is 3.36. The van der Waals surface area contributed by atoms with Gasteiger partial charge >= 0.3 is 6.01 Å². The molecule has 7 nitrogen and oxygen atoms in total. The van der Waals surface area contributed by atoms with Crippen LogP contribution in [0.15, 0.2) is 56.8 Å². The lowest BCUT2D eigenvalue weighted by molar-refractivity contribution is 0.583. The van der Waals surface area contributed by atoms with E-state index in [1.807, 2.05) is 25.1 Å². The van der Waals surface area contributed by atoms with Crippen molar-refractivity contribution >= 4 is 33.3 Å². The summed E-state index contributed by atoms with van der Waals surface area (Å²) in [4.78, 5) is 12.1. The molecule has 1 aromatic carbocycles. The maximum atomic E-state index is 12.1. The Morgan fingerprint density at radius 2 is 2.12 bits per heavy atom. The Morgan fingerprint density at radius 3 is 2.85 bits per heavy atom. The van der Waals surface area contributed by atoms with Crippen LogP contribution in [0, 0.1) is 6.92 Å². The average molecular weight is 416 g/mol. The molecule has 0 amide bonds. The maximum Gasteiger partial charge on any atom is 0.315 e. The molecule has 0 bridgehead atoms. The zero-order chi connectivity index (χ0) is 18.7. The van der Waals surface area contributed by atoms with Crippen molar-refractivity contribution in [2.24, 2.45) is 7.05 Å². The highest BCUT2D eigenvalue weighted by Gasteiger charge is 2.15. The van der Waals surface area contributed by atoms with E-state index in [1.54, 1.807) is 19.3 Å². The fraction of sp³-hybridized carbons (Fsp3) is 0.167. The lowest BCUT2D eigenvalue weighted by Crippen LogP contribution is -2.16. The summed E-state index contributed by atoms with van der Waals surface area (Å²) in [7, 11) is 1.67. The van der Waals surface area contributed by atoms with E-state index in [1.165, 1.54) is 10.6 Å². The molecule has 3 rings (SSSR count). The largest absolute Gasteiger partial charge is 0.403 e. The van der Waals surface area contributed by atoms with Crippen LogP contribution in [0.4, 0.5) is 17.4 Å². The van der Waals surface area contributed by atoms with E-state index in [0.717, 1.165) is 15.7 Å². The van der Waals surface area contributed by atoms with Crippen molar-refractivity contribution in [3.05, 3.63) is 63.5 Å². The molecule has 0 saturated carbocycles. The number of anilines is 3. The van der Waals surface area contributed by atoms with Crippen molar-refractivity contribution < 1.29 is 4.42 Å². The van der Waals surface area contributed by atoms with E-state index in [4.69, 9.17) is 4.42 Å². The van der Waals surface area contributed by atoms with Gasteiger partial charge in [0.2, 0.25) is 0 Å². The Morgan fingerprint density at radius 1 is 1.31 bits per heavy atom. The number of aryl methyl sites for hydroxylation is 2. The second-order valence-corrected chi connectivity index (χ2v) is 6.63. The third-order valence-corrected chi connectivity index (χ3v) is 4.23. The van der Waals surface area contributed by atoms with Crippen molar-refractivity contribution in [1.82, 2.24) is 14.8 Å². The lowest BCUT2D eigenvalue weighted by Gasteiger charge is -2.13. The van der Waals surface area contributed by atoms with Crippen molar-refractivity contribution in [3.63, 3.8) is 0 Å². The summed E-state index contributed by atoms with van der Waals surface area (Å²) in [6, 6.07) is 7.66. The van der Waals surface area contributed by atoms with Crippen LogP contribution in [0.3, 0.4) is 0 Å². The summed E-state index contributed by atoms with van der Waals surface area (Å²) in [5.41, 5.74) is 3.00. The number of hydrogen-bond donors (Lipinski definition) is 2. The molecule has 2 heterocycles. The summed E-state index contributed by atoms with van der Waals surface area (Å²) in [6.45, 7) is 6.13. The van der Waals surface area contributed by atoms with Gasteiger partial charge in [0.1, 0.15) is 0 Å². The van der Waals surface area contributed by atoms with Gasteiger partial charge in [-0.1, -0.05) is 27.1 Å². The second kappa shape index (κ2) is 7.57. The minimum absolute atomic E-state index is 0.143. The summed E-state index contributed by atoms with van der Waals surface area (Å²) in [5, 5.41) is 14.3. The van der Waals surface area contributed by atoms with Crippen molar-refractivity contribution in [2.75, 3.05) is 17.2 Å². The predicted octanol–water partition coefficient (Wildman–Crippen LogP) is 3.85. The highest BCUT2D eigenvalue weighted by Crippen LogP contribution is 2.30. The monoisotopic (exact) mass is 415 g/mol. The van der Waals surface area contributed by atoms with Gasteiger partial charge in [0, 0.05) is 36.0 Å². The molecule has 2 N–H and O–H groups in total. The number of aromatic nitrogens is 3. The first kappa shape index (κ1) is 17.9. The van der Waals surface area contributed by atoms with Gasteiger partial charge in [0.05, 0.1) is 11.3 Å². The molecule has 0 atom stereocenters. The normalized spacial score (nSPS) is 10.6. The summed E-state index contributed by atoms with van der Waals surface area (Å²) < 4.78 is 8.10. The molecule has 3 aromatic rings. The Kier molecular flexibility index (Phi) is 5.22. The van der Waals surface area contributed by atoms with Crippen molar-refractivity contribution in [1.29, 1.82) is 0 Å². The molecule has 0 saturated heterocycles. The van der Waals surface area contributed by atoms with E-state index in [9.17, 15) is 4.79 Å². The number of benzene rings is 1. The van der Waals surface area contributed by atoms with Crippen LogP contribution in [0.25, 0.3) is 11.5 Å². The molecule has 134 valence electrons. The van der Waals surface area contributed by atoms with Crippen LogP contribution < -0.4 is 16.2 Å². The van der Waals surface area contributed by atoms with Crippen LogP contribution in [0.2, 0.25) is 0 Å². The van der Waals surface area contributed by atoms with Crippen LogP contribution in [0.5, 0.6) is 0 Å². The molecule has 0 radical (unpaired) electrons. The van der Waals surface area contributed by atoms with Gasteiger partial charge in [-0.3, -0.25) is 4.79 Å². The first-order valence-electron chi connectivity index (χ1n) is 7.90. The molecule has 0 aliphatic heterocycles. The Balaban J connectivity index is 2.02. The van der Waals surface area contributed by atoms with E-state index < -0.39 is 0 Å². The third kappa shape index (κ3) is 3.85. The molecule has 0 aliphatic rings. The molecule has 0 unspecified atom stereocenters. The quantitative estimate of drug-likeness (QED) is 0.594. The van der Waals surface area contributed by atoms with Crippen molar-refractivity contribution in [2.45, 2.75) is 6.92 Å². The first-order valence-corrected chi connectivity index (χ1v) is 8.69.